The Morgan fingerprint density at radius 1 is 1.16 bits per heavy atom. The fourth-order valence-electron chi connectivity index (χ4n) is 4.73. The third-order valence-corrected chi connectivity index (χ3v) is 7.77. The van der Waals surface area contributed by atoms with E-state index in [1.165, 1.54) is 16.8 Å². The number of carbonyl (C=O) groups excluding carboxylic acids is 2. The zero-order valence-corrected chi connectivity index (χ0v) is 22.8. The average Bonchev–Trinajstić information content (AvgIpc) is 2.89. The van der Waals surface area contributed by atoms with Crippen LogP contribution in [0.2, 0.25) is 0 Å². The molecule has 0 spiro atoms. The zero-order chi connectivity index (χ0) is 26.5. The van der Waals surface area contributed by atoms with Gasteiger partial charge < -0.3 is 20.1 Å². The Kier molecular flexibility index (Phi) is 8.63. The Morgan fingerprint density at radius 3 is 2.59 bits per heavy atom. The van der Waals surface area contributed by atoms with Gasteiger partial charge in [0.25, 0.3) is 0 Å². The Labute approximate surface area is 223 Å². The number of hydrogen-bond acceptors (Lipinski definition) is 7. The Bertz CT molecular complexity index is 1150. The van der Waals surface area contributed by atoms with Crippen molar-refractivity contribution < 1.29 is 19.1 Å². The molecule has 2 aromatic rings. The number of primary amides is 1. The first-order valence-electron chi connectivity index (χ1n) is 12.7. The van der Waals surface area contributed by atoms with Crippen LogP contribution in [0.15, 0.2) is 47.6 Å². The molecule has 9 heteroatoms. The average molecular weight is 525 g/mol. The molecule has 1 fully saturated rings. The molecule has 2 heterocycles. The number of nitrogens with two attached hydrogens (primary N) is 1. The molecule has 1 saturated heterocycles. The van der Waals surface area contributed by atoms with E-state index in [2.05, 4.69) is 17.0 Å². The number of nitrogens with zero attached hydrogens (tertiary/aromatic N) is 3. The van der Waals surface area contributed by atoms with E-state index in [1.807, 2.05) is 51.1 Å². The molecule has 2 amide bonds. The number of hydrogen-bond donors (Lipinski definition) is 1. The third kappa shape index (κ3) is 6.57. The van der Waals surface area contributed by atoms with Crippen LogP contribution in [-0.4, -0.2) is 53.9 Å². The number of amides is 2. The van der Waals surface area contributed by atoms with Gasteiger partial charge in [-0.15, -0.1) is 0 Å². The molecule has 0 aromatic heterocycles. The first kappa shape index (κ1) is 26.9. The van der Waals surface area contributed by atoms with Crippen molar-refractivity contribution in [1.29, 1.82) is 0 Å². The number of anilines is 1. The van der Waals surface area contributed by atoms with Crippen LogP contribution in [0.3, 0.4) is 0 Å². The SMILES string of the molecule is COc1ccc(C2=NN(Cc3ccc(N4CCCC(C(C)C(N)=O)C4)cc3)C(=O)SC2)cc1OC(C)C. The third-order valence-electron chi connectivity index (χ3n) is 6.89. The van der Waals surface area contributed by atoms with Crippen molar-refractivity contribution in [3.63, 3.8) is 0 Å². The summed E-state index contributed by atoms with van der Waals surface area (Å²) in [6.07, 6.45) is 2.07. The lowest BCUT2D eigenvalue weighted by Gasteiger charge is -2.36. The predicted octanol–water partition coefficient (Wildman–Crippen LogP) is 4.89. The van der Waals surface area contributed by atoms with Crippen molar-refractivity contribution in [2.24, 2.45) is 22.7 Å². The lowest BCUT2D eigenvalue weighted by Crippen LogP contribution is -2.41. The van der Waals surface area contributed by atoms with Crippen LogP contribution in [0.5, 0.6) is 11.5 Å². The van der Waals surface area contributed by atoms with Gasteiger partial charge >= 0.3 is 5.24 Å². The summed E-state index contributed by atoms with van der Waals surface area (Å²) in [5.74, 6) is 1.73. The molecule has 2 N–H and O–H groups in total. The van der Waals surface area contributed by atoms with Crippen LogP contribution in [0, 0.1) is 11.8 Å². The molecule has 198 valence electrons. The highest BCUT2D eigenvalue weighted by molar-refractivity contribution is 8.14. The molecule has 2 atom stereocenters. The molecule has 0 radical (unpaired) electrons. The number of rotatable bonds is 9. The minimum atomic E-state index is -0.232. The Balaban J connectivity index is 1.46. The predicted molar refractivity (Wildman–Crippen MR) is 148 cm³/mol. The van der Waals surface area contributed by atoms with Gasteiger partial charge in [-0.25, -0.2) is 5.01 Å². The summed E-state index contributed by atoms with van der Waals surface area (Å²) < 4.78 is 11.3. The van der Waals surface area contributed by atoms with Crippen LogP contribution in [0.1, 0.15) is 44.7 Å². The van der Waals surface area contributed by atoms with Gasteiger partial charge in [-0.1, -0.05) is 30.8 Å². The zero-order valence-electron chi connectivity index (χ0n) is 22.0. The number of carbonyl (C=O) groups is 2. The molecule has 4 rings (SSSR count). The van der Waals surface area contributed by atoms with Gasteiger partial charge in [-0.2, -0.15) is 5.10 Å². The van der Waals surface area contributed by atoms with Crippen molar-refractivity contribution >= 4 is 34.3 Å². The molecular formula is C28H36N4O4S. The van der Waals surface area contributed by atoms with Crippen LogP contribution in [-0.2, 0) is 11.3 Å². The quantitative estimate of drug-likeness (QED) is 0.502. The van der Waals surface area contributed by atoms with Crippen molar-refractivity contribution in [2.45, 2.75) is 46.3 Å². The van der Waals surface area contributed by atoms with E-state index in [1.54, 1.807) is 7.11 Å². The van der Waals surface area contributed by atoms with E-state index < -0.39 is 0 Å². The van der Waals surface area contributed by atoms with Crippen molar-refractivity contribution in [1.82, 2.24) is 5.01 Å². The highest BCUT2D eigenvalue weighted by atomic mass is 32.2. The molecule has 2 aliphatic rings. The second-order valence-electron chi connectivity index (χ2n) is 9.90. The molecule has 2 unspecified atom stereocenters. The molecule has 8 nitrogen and oxygen atoms in total. The number of piperidine rings is 1. The van der Waals surface area contributed by atoms with Crippen LogP contribution in [0.25, 0.3) is 0 Å². The van der Waals surface area contributed by atoms with E-state index in [0.29, 0.717) is 23.8 Å². The van der Waals surface area contributed by atoms with Gasteiger partial charge in [-0.3, -0.25) is 9.59 Å². The van der Waals surface area contributed by atoms with Gasteiger partial charge in [0.05, 0.1) is 25.5 Å². The van der Waals surface area contributed by atoms with Crippen LogP contribution in [0.4, 0.5) is 10.5 Å². The van der Waals surface area contributed by atoms with Gasteiger partial charge in [-0.05, 0) is 68.5 Å². The van der Waals surface area contributed by atoms with Crippen molar-refractivity contribution in [2.75, 3.05) is 30.9 Å². The second-order valence-corrected chi connectivity index (χ2v) is 10.8. The first-order valence-corrected chi connectivity index (χ1v) is 13.7. The summed E-state index contributed by atoms with van der Waals surface area (Å²) in [7, 11) is 1.62. The lowest BCUT2D eigenvalue weighted by molar-refractivity contribution is -0.122. The maximum Gasteiger partial charge on any atom is 0.302 e. The first-order chi connectivity index (χ1) is 17.7. The minimum absolute atomic E-state index is 0.00948. The molecule has 37 heavy (non-hydrogen) atoms. The summed E-state index contributed by atoms with van der Waals surface area (Å²) in [4.78, 5) is 26.6. The number of ether oxygens (including phenoxy) is 2. The molecular weight excluding hydrogens is 488 g/mol. The highest BCUT2D eigenvalue weighted by Crippen LogP contribution is 2.32. The van der Waals surface area contributed by atoms with E-state index >= 15 is 0 Å². The fraction of sp³-hybridized carbons (Fsp3) is 0.464. The Morgan fingerprint density at radius 2 is 1.92 bits per heavy atom. The summed E-state index contributed by atoms with van der Waals surface area (Å²) in [6, 6.07) is 14.0. The molecule has 0 aliphatic carbocycles. The largest absolute Gasteiger partial charge is 0.493 e. The second kappa shape index (κ2) is 11.9. The topological polar surface area (TPSA) is 97.5 Å². The summed E-state index contributed by atoms with van der Waals surface area (Å²) in [5.41, 5.74) is 9.38. The van der Waals surface area contributed by atoms with Crippen LogP contribution >= 0.6 is 11.8 Å². The maximum absolute atomic E-state index is 12.6. The number of hydrazone groups is 1. The number of thioether (sulfide) groups is 1. The maximum atomic E-state index is 12.6. The Hall–Kier alpha value is -3.20. The van der Waals surface area contributed by atoms with Gasteiger partial charge in [0, 0.05) is 36.0 Å². The van der Waals surface area contributed by atoms with Crippen LogP contribution < -0.4 is 20.1 Å². The summed E-state index contributed by atoms with van der Waals surface area (Å²) in [5, 5.41) is 6.15. The monoisotopic (exact) mass is 524 g/mol. The summed E-state index contributed by atoms with van der Waals surface area (Å²) >= 11 is 1.25. The van der Waals surface area contributed by atoms with Crippen molar-refractivity contribution in [3.05, 3.63) is 53.6 Å². The smallest absolute Gasteiger partial charge is 0.302 e. The fourth-order valence-corrected chi connectivity index (χ4v) is 5.47. The molecule has 0 bridgehead atoms. The highest BCUT2D eigenvalue weighted by Gasteiger charge is 2.28. The molecule has 0 saturated carbocycles. The molecule has 2 aliphatic heterocycles. The van der Waals surface area contributed by atoms with Gasteiger partial charge in [0.1, 0.15) is 0 Å². The van der Waals surface area contributed by atoms with E-state index in [9.17, 15) is 9.59 Å². The number of methoxy groups -OCH3 is 1. The summed E-state index contributed by atoms with van der Waals surface area (Å²) in [6.45, 7) is 8.03. The van der Waals surface area contributed by atoms with E-state index in [4.69, 9.17) is 20.3 Å². The van der Waals surface area contributed by atoms with E-state index in [0.717, 1.165) is 48.5 Å². The number of benzene rings is 2. The standard InChI is InChI=1S/C28H36N4O4S/c1-18(2)36-26-14-21(9-12-25(26)35-4)24-17-37-28(34)32(30-24)15-20-7-10-23(11-8-20)31-13-5-6-22(16-31)19(3)27(29)33/h7-12,14,18-19,22H,5-6,13,15-17H2,1-4H3,(H2,29,33). The van der Waals surface area contributed by atoms with E-state index in [-0.39, 0.29) is 29.1 Å². The van der Waals surface area contributed by atoms with Crippen molar-refractivity contribution in [3.8, 4) is 11.5 Å². The minimum Gasteiger partial charge on any atom is -0.493 e. The lowest BCUT2D eigenvalue weighted by atomic mass is 9.86. The van der Waals surface area contributed by atoms with Gasteiger partial charge in [0.2, 0.25) is 5.91 Å². The normalized spacial score (nSPS) is 19.0. The van der Waals surface area contributed by atoms with Gasteiger partial charge in [0.15, 0.2) is 11.5 Å². The molecule has 2 aromatic carbocycles.